The second kappa shape index (κ2) is 7.02. The van der Waals surface area contributed by atoms with E-state index < -0.39 is 10.1 Å². The highest BCUT2D eigenvalue weighted by atomic mass is 32.2. The van der Waals surface area contributed by atoms with E-state index in [-0.39, 0.29) is 5.75 Å². The number of aromatic nitrogens is 1. The molecule has 2 heterocycles. The first-order valence-corrected chi connectivity index (χ1v) is 10.2. The van der Waals surface area contributed by atoms with E-state index in [0.717, 1.165) is 28.6 Å². The van der Waals surface area contributed by atoms with Crippen LogP contribution < -0.4 is 14.2 Å². The summed E-state index contributed by atoms with van der Waals surface area (Å²) in [6.45, 7) is 0.510. The third-order valence-corrected chi connectivity index (χ3v) is 5.19. The molecular weight excluding hydrogens is 364 g/mol. The van der Waals surface area contributed by atoms with Gasteiger partial charge in [0.15, 0.2) is 23.9 Å². The maximum absolute atomic E-state index is 10.8. The van der Waals surface area contributed by atoms with E-state index in [2.05, 4.69) is 4.90 Å². The number of benzene rings is 2. The van der Waals surface area contributed by atoms with Gasteiger partial charge >= 0.3 is 0 Å². The molecule has 138 valence electrons. The predicted molar refractivity (Wildman–Crippen MR) is 102 cm³/mol. The van der Waals surface area contributed by atoms with Crippen LogP contribution in [0.25, 0.3) is 0 Å². The quantitative estimate of drug-likeness (QED) is 0.419. The molecule has 0 amide bonds. The Bertz CT molecular complexity index is 1020. The van der Waals surface area contributed by atoms with Gasteiger partial charge in [0, 0.05) is 18.6 Å². The standard InChI is InChI=1S/C20H18N2O4S/c23-27(24,25)15-5-12-21-13-10-16(11-14-21)22-17-6-1-3-8-19(17)26-20-9-4-2-7-18(20)22/h1-4,6-11,13-14H,5,12,15H2/p+1. The summed E-state index contributed by atoms with van der Waals surface area (Å²) >= 11 is 0. The molecule has 0 atom stereocenters. The van der Waals surface area contributed by atoms with Gasteiger partial charge in [0.1, 0.15) is 6.54 Å². The molecule has 1 aliphatic heterocycles. The van der Waals surface area contributed by atoms with Gasteiger partial charge < -0.3 is 9.64 Å². The first kappa shape index (κ1) is 17.5. The van der Waals surface area contributed by atoms with E-state index in [1.165, 1.54) is 0 Å². The Hall–Kier alpha value is -2.90. The lowest BCUT2D eigenvalue weighted by atomic mass is 10.1. The van der Waals surface area contributed by atoms with Gasteiger partial charge in [0.2, 0.25) is 0 Å². The molecule has 1 aliphatic rings. The number of fused-ring (bicyclic) bond motifs is 2. The van der Waals surface area contributed by atoms with Crippen molar-refractivity contribution in [1.82, 2.24) is 0 Å². The molecule has 6 nitrogen and oxygen atoms in total. The van der Waals surface area contributed by atoms with Crippen LogP contribution in [-0.2, 0) is 16.7 Å². The van der Waals surface area contributed by atoms with Crippen LogP contribution in [0.2, 0.25) is 0 Å². The fraction of sp³-hybridized carbons (Fsp3) is 0.150. The Balaban J connectivity index is 1.63. The zero-order valence-corrected chi connectivity index (χ0v) is 15.3. The van der Waals surface area contributed by atoms with Gasteiger partial charge in [-0.15, -0.1) is 0 Å². The van der Waals surface area contributed by atoms with Crippen LogP contribution in [-0.4, -0.2) is 18.7 Å². The smallest absolute Gasteiger partial charge is 0.265 e. The largest absolute Gasteiger partial charge is 0.453 e. The fourth-order valence-corrected chi connectivity index (χ4v) is 3.65. The maximum atomic E-state index is 10.8. The number of hydrogen-bond donors (Lipinski definition) is 1. The highest BCUT2D eigenvalue weighted by Crippen LogP contribution is 2.49. The molecule has 1 N–H and O–H groups in total. The third-order valence-electron chi connectivity index (χ3n) is 4.38. The fourth-order valence-electron chi connectivity index (χ4n) is 3.16. The Morgan fingerprint density at radius 3 is 2.00 bits per heavy atom. The molecule has 7 heteroatoms. The third kappa shape index (κ3) is 3.79. The van der Waals surface area contributed by atoms with Gasteiger partial charge in [-0.1, -0.05) is 24.3 Å². The second-order valence-corrected chi connectivity index (χ2v) is 7.88. The molecule has 0 aliphatic carbocycles. The molecule has 27 heavy (non-hydrogen) atoms. The molecule has 1 aromatic heterocycles. The van der Waals surface area contributed by atoms with E-state index >= 15 is 0 Å². The van der Waals surface area contributed by atoms with Crippen molar-refractivity contribution in [1.29, 1.82) is 0 Å². The number of rotatable bonds is 5. The molecule has 2 aromatic carbocycles. The summed E-state index contributed by atoms with van der Waals surface area (Å²) < 4.78 is 38.4. The first-order valence-electron chi connectivity index (χ1n) is 8.61. The van der Waals surface area contributed by atoms with E-state index in [0.29, 0.717) is 13.0 Å². The number of nitrogens with zero attached hydrogens (tertiary/aromatic N) is 2. The summed E-state index contributed by atoms with van der Waals surface area (Å²) in [6, 6.07) is 19.7. The Kier molecular flexibility index (Phi) is 4.55. The zero-order valence-electron chi connectivity index (χ0n) is 14.5. The average molecular weight is 383 g/mol. The van der Waals surface area contributed by atoms with Crippen molar-refractivity contribution in [2.75, 3.05) is 10.7 Å². The predicted octanol–water partition coefficient (Wildman–Crippen LogP) is 3.83. The molecule has 4 rings (SSSR count). The molecule has 3 aromatic rings. The van der Waals surface area contributed by atoms with Gasteiger partial charge in [-0.25, -0.2) is 4.57 Å². The number of aryl methyl sites for hydroxylation is 1. The van der Waals surface area contributed by atoms with Gasteiger partial charge in [-0.3, -0.25) is 4.55 Å². The SMILES string of the molecule is O=S(=O)(O)CCC[n+]1ccc(N2c3ccccc3Oc3ccccc32)cc1. The minimum absolute atomic E-state index is 0.244. The Morgan fingerprint density at radius 2 is 1.44 bits per heavy atom. The molecule has 0 radical (unpaired) electrons. The van der Waals surface area contributed by atoms with Crippen LogP contribution >= 0.6 is 0 Å². The average Bonchev–Trinajstić information content (AvgIpc) is 2.66. The highest BCUT2D eigenvalue weighted by Gasteiger charge is 2.25. The summed E-state index contributed by atoms with van der Waals surface area (Å²) in [4.78, 5) is 2.14. The monoisotopic (exact) mass is 383 g/mol. The van der Waals surface area contributed by atoms with Gasteiger partial charge in [-0.2, -0.15) is 8.42 Å². The van der Waals surface area contributed by atoms with Crippen molar-refractivity contribution >= 4 is 27.2 Å². The molecule has 0 saturated carbocycles. The van der Waals surface area contributed by atoms with Gasteiger partial charge in [0.25, 0.3) is 10.1 Å². The highest BCUT2D eigenvalue weighted by molar-refractivity contribution is 7.85. The van der Waals surface area contributed by atoms with Crippen molar-refractivity contribution in [2.45, 2.75) is 13.0 Å². The van der Waals surface area contributed by atoms with Gasteiger partial charge in [0.05, 0.1) is 22.8 Å². The summed E-state index contributed by atoms with van der Waals surface area (Å²) in [7, 11) is -3.92. The Labute approximate surface area is 158 Å². The van der Waals surface area contributed by atoms with Crippen LogP contribution in [0, 0.1) is 0 Å². The van der Waals surface area contributed by atoms with Gasteiger partial charge in [-0.05, 0) is 24.3 Å². The van der Waals surface area contributed by atoms with E-state index in [4.69, 9.17) is 9.29 Å². The number of para-hydroxylation sites is 4. The first-order chi connectivity index (χ1) is 13.0. The number of pyridine rings is 1. The minimum atomic E-state index is -3.92. The van der Waals surface area contributed by atoms with Crippen LogP contribution in [0.5, 0.6) is 11.5 Å². The van der Waals surface area contributed by atoms with Crippen molar-refractivity contribution < 1.29 is 22.3 Å². The lowest BCUT2D eigenvalue weighted by Gasteiger charge is -2.32. The molecule has 0 bridgehead atoms. The lowest BCUT2D eigenvalue weighted by molar-refractivity contribution is -0.696. The summed E-state index contributed by atoms with van der Waals surface area (Å²) in [5.74, 6) is 1.34. The van der Waals surface area contributed by atoms with E-state index in [1.807, 2.05) is 77.6 Å². The van der Waals surface area contributed by atoms with Crippen LogP contribution in [0.1, 0.15) is 6.42 Å². The van der Waals surface area contributed by atoms with Crippen molar-refractivity contribution in [2.24, 2.45) is 0 Å². The molecule has 0 unspecified atom stereocenters. The minimum Gasteiger partial charge on any atom is -0.453 e. The topological polar surface area (TPSA) is 70.7 Å². The summed E-state index contributed by atoms with van der Waals surface area (Å²) in [5.41, 5.74) is 2.89. The number of anilines is 3. The zero-order chi connectivity index (χ0) is 18.9. The lowest BCUT2D eigenvalue weighted by Crippen LogP contribution is -2.33. The maximum Gasteiger partial charge on any atom is 0.265 e. The second-order valence-electron chi connectivity index (χ2n) is 6.31. The molecular formula is C20H19N2O4S+. The van der Waals surface area contributed by atoms with Crippen LogP contribution in [0.15, 0.2) is 73.1 Å². The number of hydrogen-bond acceptors (Lipinski definition) is 4. The van der Waals surface area contributed by atoms with Crippen molar-refractivity contribution in [3.8, 4) is 11.5 Å². The Morgan fingerprint density at radius 1 is 0.889 bits per heavy atom. The number of ether oxygens (including phenoxy) is 1. The normalized spacial score (nSPS) is 12.9. The summed E-state index contributed by atoms with van der Waals surface area (Å²) in [6.07, 6.45) is 4.16. The molecule has 0 spiro atoms. The summed E-state index contributed by atoms with van der Waals surface area (Å²) in [5, 5.41) is 0. The van der Waals surface area contributed by atoms with E-state index in [1.54, 1.807) is 0 Å². The van der Waals surface area contributed by atoms with Crippen LogP contribution in [0.4, 0.5) is 17.1 Å². The molecule has 0 fully saturated rings. The van der Waals surface area contributed by atoms with Crippen molar-refractivity contribution in [3.05, 3.63) is 73.1 Å². The molecule has 0 saturated heterocycles. The van der Waals surface area contributed by atoms with Crippen molar-refractivity contribution in [3.63, 3.8) is 0 Å². The van der Waals surface area contributed by atoms with E-state index in [9.17, 15) is 8.42 Å². The van der Waals surface area contributed by atoms with Crippen LogP contribution in [0.3, 0.4) is 0 Å².